The number of carbonyl (C=O) groups excluding carboxylic acids is 1. The molecule has 0 aromatic heterocycles. The zero-order valence-electron chi connectivity index (χ0n) is 13.8. The van der Waals surface area contributed by atoms with Crippen LogP contribution >= 0.6 is 0 Å². The van der Waals surface area contributed by atoms with Crippen LogP contribution in [0.5, 0.6) is 5.75 Å². The lowest BCUT2D eigenvalue weighted by Crippen LogP contribution is -2.29. The highest BCUT2D eigenvalue weighted by atomic mass is 16.5. The Bertz CT molecular complexity index is 702. The zero-order valence-corrected chi connectivity index (χ0v) is 13.8. The summed E-state index contributed by atoms with van der Waals surface area (Å²) >= 11 is 0. The second-order valence-electron chi connectivity index (χ2n) is 5.70. The van der Waals surface area contributed by atoms with Crippen LogP contribution < -0.4 is 10.1 Å². The molecule has 0 radical (unpaired) electrons. The first kappa shape index (κ1) is 17.5. The first-order valence-corrected chi connectivity index (χ1v) is 7.74. The Kier molecular flexibility index (Phi) is 5.95. The van der Waals surface area contributed by atoms with Gasteiger partial charge >= 0.3 is 5.97 Å². The molecule has 0 aliphatic rings. The van der Waals surface area contributed by atoms with Crippen LogP contribution in [0.25, 0.3) is 0 Å². The van der Waals surface area contributed by atoms with Crippen LogP contribution in [0.1, 0.15) is 27.0 Å². The molecule has 0 spiro atoms. The number of nitrogens with one attached hydrogen (secondary N) is 1. The van der Waals surface area contributed by atoms with Gasteiger partial charge in [-0.2, -0.15) is 0 Å². The molecule has 5 heteroatoms. The average molecular weight is 327 g/mol. The summed E-state index contributed by atoms with van der Waals surface area (Å²) in [6, 6.07) is 12.3. The molecule has 126 valence electrons. The topological polar surface area (TPSA) is 75.6 Å². The number of carbonyl (C=O) groups is 2. The van der Waals surface area contributed by atoms with Crippen LogP contribution in [-0.2, 0) is 11.2 Å². The maximum atomic E-state index is 11.9. The monoisotopic (exact) mass is 327 g/mol. The summed E-state index contributed by atoms with van der Waals surface area (Å²) in [6.45, 7) is 4.83. The Morgan fingerprint density at radius 1 is 1.04 bits per heavy atom. The van der Waals surface area contributed by atoms with Crippen LogP contribution in [0.2, 0.25) is 0 Å². The quantitative estimate of drug-likeness (QED) is 0.767. The Morgan fingerprint density at radius 3 is 2.25 bits per heavy atom. The van der Waals surface area contributed by atoms with Crippen LogP contribution in [-0.4, -0.2) is 30.1 Å². The fraction of sp³-hybridized carbons (Fsp3) is 0.263. The standard InChI is InChI=1S/C19H21NO4/c1-13-9-14(2)11-17(10-13)24-8-7-20-18(21)12-15-3-5-16(6-4-15)19(22)23/h3-6,9-11H,7-8,12H2,1-2H3,(H,20,21)(H,22,23). The normalized spacial score (nSPS) is 10.2. The van der Waals surface area contributed by atoms with E-state index in [0.29, 0.717) is 13.2 Å². The van der Waals surface area contributed by atoms with E-state index in [4.69, 9.17) is 9.84 Å². The van der Waals surface area contributed by atoms with Gasteiger partial charge in [0, 0.05) is 0 Å². The lowest BCUT2D eigenvalue weighted by atomic mass is 10.1. The number of aryl methyl sites for hydroxylation is 2. The van der Waals surface area contributed by atoms with Gasteiger partial charge in [0.05, 0.1) is 18.5 Å². The molecule has 0 aliphatic heterocycles. The number of carboxylic acid groups (broad SMARTS) is 1. The predicted octanol–water partition coefficient (Wildman–Crippen LogP) is 2.74. The summed E-state index contributed by atoms with van der Waals surface area (Å²) in [6.07, 6.45) is 0.212. The van der Waals surface area contributed by atoms with Gasteiger partial charge in [0.15, 0.2) is 0 Å². The Morgan fingerprint density at radius 2 is 1.67 bits per heavy atom. The molecule has 0 heterocycles. The van der Waals surface area contributed by atoms with Crippen LogP contribution in [0.3, 0.4) is 0 Å². The minimum atomic E-state index is -0.977. The van der Waals surface area contributed by atoms with E-state index in [-0.39, 0.29) is 17.9 Å². The van der Waals surface area contributed by atoms with E-state index in [2.05, 4.69) is 11.4 Å². The minimum absolute atomic E-state index is 0.123. The van der Waals surface area contributed by atoms with Gasteiger partial charge in [0.1, 0.15) is 12.4 Å². The maximum absolute atomic E-state index is 11.9. The van der Waals surface area contributed by atoms with Crippen molar-refractivity contribution >= 4 is 11.9 Å². The van der Waals surface area contributed by atoms with Gasteiger partial charge in [0.25, 0.3) is 0 Å². The van der Waals surface area contributed by atoms with Gasteiger partial charge in [-0.15, -0.1) is 0 Å². The summed E-state index contributed by atoms with van der Waals surface area (Å²) < 4.78 is 5.63. The maximum Gasteiger partial charge on any atom is 0.335 e. The fourth-order valence-electron chi connectivity index (χ4n) is 2.39. The van der Waals surface area contributed by atoms with E-state index in [0.717, 1.165) is 22.4 Å². The lowest BCUT2D eigenvalue weighted by Gasteiger charge is -2.09. The van der Waals surface area contributed by atoms with Crippen molar-refractivity contribution in [3.8, 4) is 5.75 Å². The number of ether oxygens (including phenoxy) is 1. The summed E-state index contributed by atoms with van der Waals surface area (Å²) in [5, 5.41) is 11.6. The molecule has 2 rings (SSSR count). The Labute approximate surface area is 141 Å². The van der Waals surface area contributed by atoms with Gasteiger partial charge in [0.2, 0.25) is 5.91 Å². The predicted molar refractivity (Wildman–Crippen MR) is 91.5 cm³/mol. The highest BCUT2D eigenvalue weighted by molar-refractivity contribution is 5.87. The summed E-state index contributed by atoms with van der Waals surface area (Å²) in [4.78, 5) is 22.6. The van der Waals surface area contributed by atoms with E-state index in [1.165, 1.54) is 12.1 Å². The Hall–Kier alpha value is -2.82. The summed E-state index contributed by atoms with van der Waals surface area (Å²) in [5.41, 5.74) is 3.26. The number of carboxylic acids is 1. The molecule has 2 N–H and O–H groups in total. The average Bonchev–Trinajstić information content (AvgIpc) is 2.51. The van der Waals surface area contributed by atoms with Crippen molar-refractivity contribution in [2.24, 2.45) is 0 Å². The SMILES string of the molecule is Cc1cc(C)cc(OCCNC(=O)Cc2ccc(C(=O)O)cc2)c1. The van der Waals surface area contributed by atoms with E-state index >= 15 is 0 Å². The molecular formula is C19H21NO4. The van der Waals surface area contributed by atoms with E-state index in [9.17, 15) is 9.59 Å². The third-order valence-corrected chi connectivity index (χ3v) is 3.45. The van der Waals surface area contributed by atoms with Crippen molar-refractivity contribution in [1.82, 2.24) is 5.32 Å². The summed E-state index contributed by atoms with van der Waals surface area (Å²) in [5.74, 6) is -0.303. The third kappa shape index (κ3) is 5.43. The summed E-state index contributed by atoms with van der Waals surface area (Å²) in [7, 11) is 0. The number of hydrogen-bond acceptors (Lipinski definition) is 3. The Balaban J connectivity index is 1.74. The van der Waals surface area contributed by atoms with Crippen LogP contribution in [0, 0.1) is 13.8 Å². The van der Waals surface area contributed by atoms with Crippen molar-refractivity contribution in [2.75, 3.05) is 13.2 Å². The van der Waals surface area contributed by atoms with Crippen molar-refractivity contribution in [3.05, 3.63) is 64.7 Å². The number of benzene rings is 2. The van der Waals surface area contributed by atoms with Gasteiger partial charge in [-0.25, -0.2) is 4.79 Å². The minimum Gasteiger partial charge on any atom is -0.492 e. The van der Waals surface area contributed by atoms with E-state index < -0.39 is 5.97 Å². The van der Waals surface area contributed by atoms with Crippen molar-refractivity contribution in [2.45, 2.75) is 20.3 Å². The highest BCUT2D eigenvalue weighted by Crippen LogP contribution is 2.15. The van der Waals surface area contributed by atoms with Crippen LogP contribution in [0.4, 0.5) is 0 Å². The molecule has 0 unspecified atom stereocenters. The molecule has 0 fully saturated rings. The molecule has 0 aliphatic carbocycles. The van der Waals surface area contributed by atoms with Gasteiger partial charge < -0.3 is 15.2 Å². The molecule has 5 nitrogen and oxygen atoms in total. The number of rotatable bonds is 7. The van der Waals surface area contributed by atoms with Crippen LogP contribution in [0.15, 0.2) is 42.5 Å². The first-order chi connectivity index (χ1) is 11.4. The first-order valence-electron chi connectivity index (χ1n) is 7.74. The largest absolute Gasteiger partial charge is 0.492 e. The van der Waals surface area contributed by atoms with Gasteiger partial charge in [-0.05, 0) is 54.8 Å². The molecule has 0 bridgehead atoms. The molecule has 0 saturated carbocycles. The van der Waals surface area contributed by atoms with Crippen molar-refractivity contribution in [3.63, 3.8) is 0 Å². The van der Waals surface area contributed by atoms with Gasteiger partial charge in [-0.1, -0.05) is 18.2 Å². The van der Waals surface area contributed by atoms with Gasteiger partial charge in [-0.3, -0.25) is 4.79 Å². The van der Waals surface area contributed by atoms with Crippen molar-refractivity contribution in [1.29, 1.82) is 0 Å². The van der Waals surface area contributed by atoms with E-state index in [1.54, 1.807) is 12.1 Å². The molecule has 2 aromatic carbocycles. The molecular weight excluding hydrogens is 306 g/mol. The lowest BCUT2D eigenvalue weighted by molar-refractivity contribution is -0.120. The molecule has 2 aromatic rings. The van der Waals surface area contributed by atoms with Crippen molar-refractivity contribution < 1.29 is 19.4 Å². The number of aromatic carboxylic acids is 1. The second-order valence-corrected chi connectivity index (χ2v) is 5.70. The number of hydrogen-bond donors (Lipinski definition) is 2. The fourth-order valence-corrected chi connectivity index (χ4v) is 2.39. The van der Waals surface area contributed by atoms with E-state index in [1.807, 2.05) is 26.0 Å². The molecule has 24 heavy (non-hydrogen) atoms. The highest BCUT2D eigenvalue weighted by Gasteiger charge is 2.06. The zero-order chi connectivity index (χ0) is 17.5. The molecule has 0 saturated heterocycles. The molecule has 0 atom stereocenters. The second kappa shape index (κ2) is 8.15. The molecule has 1 amide bonds. The third-order valence-electron chi connectivity index (χ3n) is 3.45. The smallest absolute Gasteiger partial charge is 0.335 e. The number of amides is 1.